The van der Waals surface area contributed by atoms with Gasteiger partial charge in [-0.2, -0.15) is 0 Å². The zero-order valence-corrected chi connectivity index (χ0v) is 19.9. The first-order chi connectivity index (χ1) is 17.1. The quantitative estimate of drug-likeness (QED) is 0.311. The van der Waals surface area contributed by atoms with Gasteiger partial charge in [-0.15, -0.1) is 5.48 Å². The highest BCUT2D eigenvalue weighted by atomic mass is 35.5. The minimum absolute atomic E-state index is 0.0751. The summed E-state index contributed by atoms with van der Waals surface area (Å²) in [5, 5.41) is 10.5. The molecule has 3 heterocycles. The lowest BCUT2D eigenvalue weighted by Crippen LogP contribution is -2.69. The van der Waals surface area contributed by atoms with Gasteiger partial charge in [-0.05, 0) is 36.6 Å². The summed E-state index contributed by atoms with van der Waals surface area (Å²) in [5.74, 6) is -1.49. The summed E-state index contributed by atoms with van der Waals surface area (Å²) in [6.45, 7) is 1.47. The van der Waals surface area contributed by atoms with Crippen molar-refractivity contribution in [3.63, 3.8) is 0 Å². The van der Waals surface area contributed by atoms with Crippen LogP contribution >= 0.6 is 11.9 Å². The minimum atomic E-state index is -1.33. The van der Waals surface area contributed by atoms with Crippen LogP contribution in [0.4, 0.5) is 0 Å². The van der Waals surface area contributed by atoms with Gasteiger partial charge in [-0.3, -0.25) is 4.90 Å². The van der Waals surface area contributed by atoms with E-state index in [0.717, 1.165) is 19.1 Å². The van der Waals surface area contributed by atoms with Gasteiger partial charge in [0.05, 0.1) is 20.1 Å². The number of likely N-dealkylation sites (tertiary alicyclic amines) is 1. The molecule has 12 heteroatoms. The Morgan fingerprint density at radius 1 is 1.11 bits per heavy atom. The monoisotopic (exact) mass is 508 g/mol. The second kappa shape index (κ2) is 9.59. The number of fused-ring (bicyclic) bond motifs is 2. The van der Waals surface area contributed by atoms with Crippen molar-refractivity contribution in [2.45, 2.75) is 24.6 Å². The van der Waals surface area contributed by atoms with Crippen LogP contribution in [0.5, 0.6) is 34.5 Å². The van der Waals surface area contributed by atoms with E-state index in [0.29, 0.717) is 41.5 Å². The average molecular weight is 509 g/mol. The predicted molar refractivity (Wildman–Crippen MR) is 120 cm³/mol. The van der Waals surface area contributed by atoms with E-state index in [-0.39, 0.29) is 24.0 Å². The van der Waals surface area contributed by atoms with Crippen LogP contribution in [0.2, 0.25) is 0 Å². The largest absolute Gasteiger partial charge is 0.502 e. The molecule has 0 bridgehead atoms. The Morgan fingerprint density at radius 3 is 2.49 bits per heavy atom. The van der Waals surface area contributed by atoms with Gasteiger partial charge in [0.1, 0.15) is 23.9 Å². The van der Waals surface area contributed by atoms with Crippen LogP contribution in [-0.2, 0) is 14.1 Å². The molecule has 11 nitrogen and oxygen atoms in total. The van der Waals surface area contributed by atoms with Crippen LogP contribution in [0.1, 0.15) is 29.9 Å². The van der Waals surface area contributed by atoms with Gasteiger partial charge in [0.15, 0.2) is 17.2 Å². The lowest BCUT2D eigenvalue weighted by molar-refractivity contribution is -0.217. The van der Waals surface area contributed by atoms with E-state index in [9.17, 15) is 9.90 Å². The van der Waals surface area contributed by atoms with Crippen LogP contribution < -0.4 is 29.3 Å². The molecule has 3 aliphatic rings. The van der Waals surface area contributed by atoms with Crippen LogP contribution in [0.15, 0.2) is 24.3 Å². The summed E-state index contributed by atoms with van der Waals surface area (Å²) >= 11 is 5.30. The second-order valence-electron chi connectivity index (χ2n) is 8.40. The number of aldehydes is 1. The van der Waals surface area contributed by atoms with E-state index in [1.165, 1.54) is 20.3 Å². The molecule has 0 aliphatic carbocycles. The van der Waals surface area contributed by atoms with Crippen molar-refractivity contribution < 1.29 is 43.0 Å². The van der Waals surface area contributed by atoms with Crippen LogP contribution in [0.3, 0.4) is 0 Å². The first-order valence-corrected chi connectivity index (χ1v) is 11.4. The van der Waals surface area contributed by atoms with E-state index in [1.54, 1.807) is 18.2 Å². The Hall–Kier alpha value is -2.96. The van der Waals surface area contributed by atoms with Gasteiger partial charge >= 0.3 is 0 Å². The molecule has 3 unspecified atom stereocenters. The molecule has 5 rings (SSSR count). The number of nitrogens with one attached hydrogen (secondary N) is 1. The Kier molecular flexibility index (Phi) is 6.51. The Balaban J connectivity index is 1.75. The van der Waals surface area contributed by atoms with Gasteiger partial charge in [0, 0.05) is 30.6 Å². The Labute approximate surface area is 206 Å². The molecule has 2 N–H and O–H groups in total. The normalized spacial score (nSPS) is 25.1. The molecule has 0 spiro atoms. The van der Waals surface area contributed by atoms with E-state index >= 15 is 0 Å². The van der Waals surface area contributed by atoms with Crippen molar-refractivity contribution >= 4 is 18.2 Å². The van der Waals surface area contributed by atoms with E-state index in [2.05, 4.69) is 9.92 Å². The maximum absolute atomic E-state index is 12.9. The minimum Gasteiger partial charge on any atom is -0.502 e. The van der Waals surface area contributed by atoms with Gasteiger partial charge in [0.25, 0.3) is 5.85 Å². The smallest absolute Gasteiger partial charge is 0.252 e. The Bertz CT molecular complexity index is 1110. The number of methoxy groups -OCH3 is 1. The topological polar surface area (TPSA) is 117 Å². The summed E-state index contributed by atoms with van der Waals surface area (Å²) in [5.41, 5.74) is 4.22. The third kappa shape index (κ3) is 3.89. The number of hydroxylamine groups is 1. The maximum atomic E-state index is 12.9. The molecule has 0 radical (unpaired) electrons. The van der Waals surface area contributed by atoms with E-state index in [4.69, 9.17) is 40.5 Å². The first kappa shape index (κ1) is 23.8. The predicted octanol–water partition coefficient (Wildman–Crippen LogP) is 2.83. The molecule has 1 saturated heterocycles. The lowest BCUT2D eigenvalue weighted by atomic mass is 9.75. The van der Waals surface area contributed by atoms with E-state index in [1.807, 2.05) is 4.90 Å². The van der Waals surface area contributed by atoms with Crippen molar-refractivity contribution in [1.29, 1.82) is 0 Å². The highest BCUT2D eigenvalue weighted by Gasteiger charge is 2.56. The number of benzene rings is 2. The SMILES string of the molecule is CONC1(N2CCCC2)Oc2cc3c(cc2C(c2cc(OC)c(O)c(OOCl)c2)C1C=O)OCO3. The number of rotatable bonds is 8. The number of carbonyl (C=O) groups excluding carboxylic acids is 1. The number of halogens is 1. The van der Waals surface area contributed by atoms with Gasteiger partial charge in [-0.1, -0.05) is 4.44 Å². The Morgan fingerprint density at radius 2 is 1.83 bits per heavy atom. The molecular formula is C23H25ClN2O9. The number of aromatic hydroxyl groups is 1. The second-order valence-corrected chi connectivity index (χ2v) is 8.52. The fraction of sp³-hybridized carbons (Fsp3) is 0.435. The number of carbonyl (C=O) groups is 1. The molecule has 2 aromatic rings. The fourth-order valence-electron chi connectivity index (χ4n) is 5.14. The third-order valence-corrected chi connectivity index (χ3v) is 6.71. The zero-order valence-electron chi connectivity index (χ0n) is 19.1. The van der Waals surface area contributed by atoms with Crippen molar-refractivity contribution in [3.05, 3.63) is 35.4 Å². The molecule has 3 aliphatic heterocycles. The number of phenolic OH excluding ortho intramolecular Hbond substituents is 1. The number of phenols is 1. The molecule has 35 heavy (non-hydrogen) atoms. The average Bonchev–Trinajstić information content (AvgIpc) is 3.56. The van der Waals surface area contributed by atoms with Gasteiger partial charge in [0.2, 0.25) is 18.3 Å². The molecule has 188 valence electrons. The highest BCUT2D eigenvalue weighted by molar-refractivity contribution is 6.06. The molecule has 3 atom stereocenters. The summed E-state index contributed by atoms with van der Waals surface area (Å²) in [6.07, 6.45) is 2.72. The van der Waals surface area contributed by atoms with Gasteiger partial charge in [-0.25, -0.2) is 0 Å². The van der Waals surface area contributed by atoms with Crippen molar-refractivity contribution in [3.8, 4) is 34.5 Å². The third-order valence-electron chi connectivity index (χ3n) is 6.65. The molecule has 0 saturated carbocycles. The first-order valence-electron chi connectivity index (χ1n) is 11.1. The highest BCUT2D eigenvalue weighted by Crippen LogP contribution is 2.54. The molecular weight excluding hydrogens is 484 g/mol. The standard InChI is InChI=1S/C23H25ClN2O9/c1-29-19-7-13(8-20(22(19)28)34-35-24)21-14-9-17-18(32-12-31-17)10-16(14)33-23(25-30-2,15(21)11-27)26-5-3-4-6-26/h7-11,15,21,25,28H,3-6,12H2,1-2H3. The van der Waals surface area contributed by atoms with Crippen LogP contribution in [-0.4, -0.2) is 56.2 Å². The lowest BCUT2D eigenvalue weighted by Gasteiger charge is -2.50. The summed E-state index contributed by atoms with van der Waals surface area (Å²) in [4.78, 5) is 25.2. The molecule has 2 aromatic carbocycles. The van der Waals surface area contributed by atoms with E-state index < -0.39 is 17.7 Å². The van der Waals surface area contributed by atoms with Gasteiger partial charge < -0.3 is 38.6 Å². The van der Waals surface area contributed by atoms with Crippen molar-refractivity contribution in [2.75, 3.05) is 34.1 Å². The number of hydrogen-bond acceptors (Lipinski definition) is 11. The zero-order chi connectivity index (χ0) is 24.6. The van der Waals surface area contributed by atoms with Crippen LogP contribution in [0, 0.1) is 5.92 Å². The number of nitrogens with zero attached hydrogens (tertiary/aromatic N) is 1. The summed E-state index contributed by atoms with van der Waals surface area (Å²) < 4.78 is 27.4. The number of ether oxygens (including phenoxy) is 4. The number of hydrogen-bond donors (Lipinski definition) is 2. The van der Waals surface area contributed by atoms with Crippen molar-refractivity contribution in [1.82, 2.24) is 10.4 Å². The molecule has 0 amide bonds. The maximum Gasteiger partial charge on any atom is 0.252 e. The summed E-state index contributed by atoms with van der Waals surface area (Å²) in [7, 11) is 2.87. The fourth-order valence-corrected chi connectivity index (χ4v) is 5.21. The molecule has 1 fully saturated rings. The molecule has 0 aromatic heterocycles. The summed E-state index contributed by atoms with van der Waals surface area (Å²) in [6, 6.07) is 6.68. The van der Waals surface area contributed by atoms with Crippen LogP contribution in [0.25, 0.3) is 0 Å². The van der Waals surface area contributed by atoms with Crippen molar-refractivity contribution in [2.24, 2.45) is 5.92 Å².